The first-order chi connectivity index (χ1) is 9.76. The molecule has 0 amide bonds. The zero-order valence-electron chi connectivity index (χ0n) is 12.4. The van der Waals surface area contributed by atoms with E-state index in [9.17, 15) is 0 Å². The summed E-state index contributed by atoms with van der Waals surface area (Å²) < 4.78 is 5.61. The summed E-state index contributed by atoms with van der Waals surface area (Å²) in [4.78, 5) is 4.46. The Balaban J connectivity index is 0.00000400. The Morgan fingerprint density at radius 1 is 1.38 bits per heavy atom. The molecule has 0 radical (unpaired) electrons. The van der Waals surface area contributed by atoms with Crippen LogP contribution in [-0.4, -0.2) is 44.2 Å². The molecule has 0 saturated carbocycles. The highest BCUT2D eigenvalue weighted by atomic mass is 127. The van der Waals surface area contributed by atoms with Gasteiger partial charge in [0.05, 0.1) is 13.1 Å². The van der Waals surface area contributed by atoms with E-state index in [0.29, 0.717) is 18.2 Å². The predicted octanol–water partition coefficient (Wildman–Crippen LogP) is 3.25. The molecule has 1 aromatic carbocycles. The molecule has 7 heteroatoms. The van der Waals surface area contributed by atoms with Crippen molar-refractivity contribution < 1.29 is 4.74 Å². The number of halogens is 2. The third-order valence-corrected chi connectivity index (χ3v) is 3.19. The Hall–Kier alpha value is -0.340. The van der Waals surface area contributed by atoms with Crippen LogP contribution in [0.4, 0.5) is 0 Å². The van der Waals surface area contributed by atoms with Crippen LogP contribution in [0.5, 0.6) is 5.75 Å². The number of benzene rings is 1. The third kappa shape index (κ3) is 10.1. The van der Waals surface area contributed by atoms with Crippen LogP contribution in [0.2, 0.25) is 5.02 Å². The maximum atomic E-state index is 5.89. The summed E-state index contributed by atoms with van der Waals surface area (Å²) >= 11 is 7.68. The Labute approximate surface area is 153 Å². The molecule has 0 bridgehead atoms. The summed E-state index contributed by atoms with van der Waals surface area (Å²) in [7, 11) is 0. The minimum Gasteiger partial charge on any atom is -0.492 e. The van der Waals surface area contributed by atoms with Crippen molar-refractivity contribution in [3.8, 4) is 5.75 Å². The highest BCUT2D eigenvalue weighted by molar-refractivity contribution is 14.0. The van der Waals surface area contributed by atoms with Crippen LogP contribution >= 0.6 is 47.3 Å². The van der Waals surface area contributed by atoms with Gasteiger partial charge in [-0.2, -0.15) is 11.8 Å². The Bertz CT molecular complexity index is 421. The van der Waals surface area contributed by atoms with Crippen molar-refractivity contribution in [2.45, 2.75) is 6.92 Å². The van der Waals surface area contributed by atoms with Crippen LogP contribution in [0.25, 0.3) is 0 Å². The molecule has 4 nitrogen and oxygen atoms in total. The summed E-state index contributed by atoms with van der Waals surface area (Å²) in [6.45, 7) is 4.96. The average Bonchev–Trinajstić information content (AvgIpc) is 2.44. The van der Waals surface area contributed by atoms with Crippen molar-refractivity contribution in [3.05, 3.63) is 29.3 Å². The van der Waals surface area contributed by atoms with E-state index in [0.717, 1.165) is 30.6 Å². The molecule has 21 heavy (non-hydrogen) atoms. The molecule has 0 unspecified atom stereocenters. The van der Waals surface area contributed by atoms with E-state index in [2.05, 4.69) is 21.9 Å². The highest BCUT2D eigenvalue weighted by Gasteiger charge is 1.98. The van der Waals surface area contributed by atoms with Gasteiger partial charge in [-0.25, -0.2) is 0 Å². The fraction of sp³-hybridized carbons (Fsp3) is 0.500. The van der Waals surface area contributed by atoms with Gasteiger partial charge >= 0.3 is 0 Å². The third-order valence-electron chi connectivity index (χ3n) is 2.37. The van der Waals surface area contributed by atoms with E-state index in [4.69, 9.17) is 16.3 Å². The van der Waals surface area contributed by atoms with Gasteiger partial charge in [-0.3, -0.25) is 4.99 Å². The summed E-state index contributed by atoms with van der Waals surface area (Å²) in [5.41, 5.74) is 0. The van der Waals surface area contributed by atoms with Crippen molar-refractivity contribution >= 4 is 53.3 Å². The second-order valence-electron chi connectivity index (χ2n) is 3.99. The first kappa shape index (κ1) is 20.7. The standard InChI is InChI=1S/C14H22ClN3OS.HI/c1-3-16-14(18-8-10-20-2)17-7-9-19-13-6-4-5-12(15)11-13;/h4-6,11H,3,7-10H2,1-2H3,(H2,16,17,18);1H. The molecule has 120 valence electrons. The zero-order chi connectivity index (χ0) is 14.6. The number of nitrogens with one attached hydrogen (secondary N) is 2. The number of thioether (sulfide) groups is 1. The van der Waals surface area contributed by atoms with Crippen LogP contribution in [0.3, 0.4) is 0 Å². The second-order valence-corrected chi connectivity index (χ2v) is 5.41. The van der Waals surface area contributed by atoms with Gasteiger partial charge in [0, 0.05) is 17.3 Å². The van der Waals surface area contributed by atoms with E-state index in [1.165, 1.54) is 0 Å². The van der Waals surface area contributed by atoms with E-state index < -0.39 is 0 Å². The number of hydrogen-bond acceptors (Lipinski definition) is 3. The van der Waals surface area contributed by atoms with Crippen LogP contribution in [0, 0.1) is 0 Å². The van der Waals surface area contributed by atoms with Crippen molar-refractivity contribution in [1.82, 2.24) is 10.6 Å². The normalized spacial score (nSPS) is 10.7. The first-order valence-corrected chi connectivity index (χ1v) is 8.43. The van der Waals surface area contributed by atoms with Crippen LogP contribution in [0.1, 0.15) is 6.92 Å². The largest absolute Gasteiger partial charge is 0.492 e. The van der Waals surface area contributed by atoms with Crippen molar-refractivity contribution in [1.29, 1.82) is 0 Å². The number of guanidine groups is 1. The van der Waals surface area contributed by atoms with Crippen molar-refractivity contribution in [2.75, 3.05) is 38.2 Å². The monoisotopic (exact) mass is 443 g/mol. The smallest absolute Gasteiger partial charge is 0.191 e. The molecule has 1 aromatic rings. The number of rotatable bonds is 8. The molecule has 0 aliphatic heterocycles. The van der Waals surface area contributed by atoms with Gasteiger partial charge in [0.2, 0.25) is 0 Å². The lowest BCUT2D eigenvalue weighted by atomic mass is 10.3. The molecule has 0 aromatic heterocycles. The molecule has 0 fully saturated rings. The zero-order valence-corrected chi connectivity index (χ0v) is 16.3. The number of ether oxygens (including phenoxy) is 1. The lowest BCUT2D eigenvalue weighted by molar-refractivity contribution is 0.322. The average molecular weight is 444 g/mol. The quantitative estimate of drug-likeness (QED) is 0.280. The molecule has 0 atom stereocenters. The van der Waals surface area contributed by atoms with Gasteiger partial charge < -0.3 is 15.4 Å². The van der Waals surface area contributed by atoms with Crippen molar-refractivity contribution in [2.24, 2.45) is 4.99 Å². The molecule has 0 aliphatic carbocycles. The van der Waals surface area contributed by atoms with Gasteiger partial charge in [-0.1, -0.05) is 17.7 Å². The number of nitrogens with zero attached hydrogens (tertiary/aromatic N) is 1. The van der Waals surface area contributed by atoms with Gasteiger partial charge in [0.15, 0.2) is 5.96 Å². The maximum absolute atomic E-state index is 5.89. The molecule has 0 aliphatic rings. The van der Waals surface area contributed by atoms with Gasteiger partial charge in [0.25, 0.3) is 0 Å². The molecule has 0 heterocycles. The molecule has 0 spiro atoms. The second kappa shape index (κ2) is 13.3. The Morgan fingerprint density at radius 3 is 2.86 bits per heavy atom. The molecule has 0 saturated heterocycles. The van der Waals surface area contributed by atoms with E-state index in [1.54, 1.807) is 17.8 Å². The molecular formula is C14H23ClIN3OS. The molecule has 2 N–H and O–H groups in total. The number of aliphatic imine (C=N–C) groups is 1. The van der Waals surface area contributed by atoms with E-state index >= 15 is 0 Å². The topological polar surface area (TPSA) is 45.7 Å². The maximum Gasteiger partial charge on any atom is 0.191 e. The van der Waals surface area contributed by atoms with Crippen LogP contribution in [-0.2, 0) is 0 Å². The van der Waals surface area contributed by atoms with Gasteiger partial charge in [-0.05, 0) is 31.4 Å². The molecule has 1 rings (SSSR count). The number of hydrogen-bond donors (Lipinski definition) is 2. The van der Waals surface area contributed by atoms with Crippen LogP contribution < -0.4 is 15.4 Å². The molecular weight excluding hydrogens is 421 g/mol. The summed E-state index contributed by atoms with van der Waals surface area (Å²) in [5.74, 6) is 2.63. The van der Waals surface area contributed by atoms with Gasteiger partial charge in [-0.15, -0.1) is 24.0 Å². The summed E-state index contributed by atoms with van der Waals surface area (Å²) in [6.07, 6.45) is 2.08. The fourth-order valence-electron chi connectivity index (χ4n) is 1.49. The fourth-order valence-corrected chi connectivity index (χ4v) is 1.94. The minimum absolute atomic E-state index is 0. The lowest BCUT2D eigenvalue weighted by Crippen LogP contribution is -2.39. The predicted molar refractivity (Wildman–Crippen MR) is 105 cm³/mol. The highest BCUT2D eigenvalue weighted by Crippen LogP contribution is 2.16. The lowest BCUT2D eigenvalue weighted by Gasteiger charge is -2.12. The summed E-state index contributed by atoms with van der Waals surface area (Å²) in [6, 6.07) is 7.40. The van der Waals surface area contributed by atoms with Crippen LogP contribution in [0.15, 0.2) is 29.3 Å². The van der Waals surface area contributed by atoms with E-state index in [1.807, 2.05) is 25.1 Å². The Kier molecular flexibility index (Phi) is 13.1. The SMILES string of the molecule is CCNC(=NCCSC)NCCOc1cccc(Cl)c1.I. The first-order valence-electron chi connectivity index (χ1n) is 6.65. The Morgan fingerprint density at radius 2 is 2.19 bits per heavy atom. The van der Waals surface area contributed by atoms with Crippen molar-refractivity contribution in [3.63, 3.8) is 0 Å². The summed E-state index contributed by atoms with van der Waals surface area (Å²) in [5, 5.41) is 7.12. The van der Waals surface area contributed by atoms with Gasteiger partial charge in [0.1, 0.15) is 12.4 Å². The van der Waals surface area contributed by atoms with E-state index in [-0.39, 0.29) is 24.0 Å². The minimum atomic E-state index is 0.